The standard InChI is InChI=1S/C33H43N5O3/c1-21(2)35-32(40)25-12-14-28(15-13-25)38-29-17-23(19-37-16-4-5-27(20-37)31(34)39)8-11-26(29)18-30(38)36-33(41)24-9-6-22(3)7-10-24/h6-11,17,21,25,27-28H,4-5,12-16,18-20H2,1-3H3,(H2,34,39)(H,35,40). The quantitative estimate of drug-likeness (QED) is 0.525. The molecule has 0 radical (unpaired) electrons. The van der Waals surface area contributed by atoms with Gasteiger partial charge in [-0.3, -0.25) is 19.3 Å². The molecular formula is C33H43N5O3. The van der Waals surface area contributed by atoms with Crippen molar-refractivity contribution in [1.29, 1.82) is 0 Å². The number of anilines is 1. The number of hydrogen-bond donors (Lipinski definition) is 2. The highest BCUT2D eigenvalue weighted by Gasteiger charge is 2.36. The zero-order chi connectivity index (χ0) is 29.1. The minimum absolute atomic E-state index is 0.0222. The molecule has 2 aliphatic heterocycles. The second-order valence-corrected chi connectivity index (χ2v) is 12.4. The zero-order valence-electron chi connectivity index (χ0n) is 24.6. The molecule has 2 heterocycles. The molecule has 3 amide bonds. The lowest BCUT2D eigenvalue weighted by Crippen LogP contribution is -2.44. The number of nitrogens with zero attached hydrogens (tertiary/aromatic N) is 3. The van der Waals surface area contributed by atoms with Crippen LogP contribution < -0.4 is 16.0 Å². The predicted molar refractivity (Wildman–Crippen MR) is 162 cm³/mol. The summed E-state index contributed by atoms with van der Waals surface area (Å²) >= 11 is 0. The van der Waals surface area contributed by atoms with Crippen LogP contribution in [0.3, 0.4) is 0 Å². The average Bonchev–Trinajstić information content (AvgIpc) is 3.30. The van der Waals surface area contributed by atoms with Crippen LogP contribution in [0.25, 0.3) is 0 Å². The number of amides is 3. The van der Waals surface area contributed by atoms with Crippen LogP contribution in [0.1, 0.15) is 79.4 Å². The summed E-state index contributed by atoms with van der Waals surface area (Å²) in [6.07, 6.45) is 5.79. The summed E-state index contributed by atoms with van der Waals surface area (Å²) in [4.78, 5) is 47.0. The first-order valence-electron chi connectivity index (χ1n) is 15.1. The van der Waals surface area contributed by atoms with Gasteiger partial charge >= 0.3 is 0 Å². The number of carbonyl (C=O) groups is 3. The number of amidine groups is 1. The Balaban J connectivity index is 1.39. The van der Waals surface area contributed by atoms with Crippen LogP contribution in [0.2, 0.25) is 0 Å². The van der Waals surface area contributed by atoms with Crippen molar-refractivity contribution >= 4 is 29.2 Å². The van der Waals surface area contributed by atoms with Crippen LogP contribution in [0, 0.1) is 18.8 Å². The smallest absolute Gasteiger partial charge is 0.278 e. The number of piperidine rings is 1. The Kier molecular flexibility index (Phi) is 8.88. The minimum atomic E-state index is -0.228. The molecule has 1 saturated heterocycles. The molecule has 5 rings (SSSR count). The highest BCUT2D eigenvalue weighted by molar-refractivity contribution is 6.12. The molecule has 8 heteroatoms. The number of fused-ring (bicyclic) bond motifs is 1. The molecule has 2 aromatic carbocycles. The van der Waals surface area contributed by atoms with Crippen LogP contribution in [-0.2, 0) is 22.6 Å². The van der Waals surface area contributed by atoms with Crippen molar-refractivity contribution in [1.82, 2.24) is 10.2 Å². The van der Waals surface area contributed by atoms with Crippen LogP contribution >= 0.6 is 0 Å². The number of benzene rings is 2. The number of carbonyl (C=O) groups excluding carboxylic acids is 3. The molecule has 2 fully saturated rings. The van der Waals surface area contributed by atoms with E-state index in [0.29, 0.717) is 18.5 Å². The molecule has 1 unspecified atom stereocenters. The van der Waals surface area contributed by atoms with E-state index in [9.17, 15) is 14.4 Å². The highest BCUT2D eigenvalue weighted by atomic mass is 16.2. The zero-order valence-corrected chi connectivity index (χ0v) is 24.6. The molecule has 1 atom stereocenters. The molecule has 3 aliphatic rings. The number of nitrogens with two attached hydrogens (primary N) is 1. The maximum atomic E-state index is 13.2. The van der Waals surface area contributed by atoms with Gasteiger partial charge in [0.1, 0.15) is 5.84 Å². The van der Waals surface area contributed by atoms with Crippen molar-refractivity contribution in [2.75, 3.05) is 18.0 Å². The van der Waals surface area contributed by atoms with E-state index in [-0.39, 0.29) is 41.6 Å². The average molecular weight is 558 g/mol. The summed E-state index contributed by atoms with van der Waals surface area (Å²) in [5.41, 5.74) is 10.8. The fourth-order valence-electron chi connectivity index (χ4n) is 6.54. The number of aliphatic imine (C=N–C) groups is 1. The molecule has 41 heavy (non-hydrogen) atoms. The van der Waals surface area contributed by atoms with Gasteiger partial charge in [0.15, 0.2) is 0 Å². The van der Waals surface area contributed by atoms with Gasteiger partial charge in [-0.15, -0.1) is 0 Å². The molecule has 3 N–H and O–H groups in total. The number of rotatable bonds is 7. The lowest BCUT2D eigenvalue weighted by atomic mass is 9.84. The Labute approximate surface area is 243 Å². The topological polar surface area (TPSA) is 108 Å². The SMILES string of the molecule is Cc1ccc(C(=O)N=C2Cc3ccc(CN4CCCC(C(N)=O)C4)cc3N2C2CCC(C(=O)NC(C)C)CC2)cc1. The van der Waals surface area contributed by atoms with Crippen molar-refractivity contribution in [2.45, 2.75) is 84.3 Å². The third-order valence-electron chi connectivity index (χ3n) is 8.74. The molecule has 2 aromatic rings. The normalized spacial score (nSPS) is 24.0. The van der Waals surface area contributed by atoms with Gasteiger partial charge in [0.2, 0.25) is 11.8 Å². The molecule has 218 valence electrons. The van der Waals surface area contributed by atoms with E-state index in [4.69, 9.17) is 5.73 Å². The van der Waals surface area contributed by atoms with Gasteiger partial charge in [0, 0.05) is 48.8 Å². The second-order valence-electron chi connectivity index (χ2n) is 12.4. The lowest BCUT2D eigenvalue weighted by Gasteiger charge is -2.36. The molecular weight excluding hydrogens is 514 g/mol. The van der Waals surface area contributed by atoms with E-state index in [2.05, 4.69) is 38.3 Å². The maximum absolute atomic E-state index is 13.2. The van der Waals surface area contributed by atoms with Crippen molar-refractivity contribution in [3.05, 3.63) is 64.7 Å². The van der Waals surface area contributed by atoms with Crippen molar-refractivity contribution in [2.24, 2.45) is 22.6 Å². The first kappa shape index (κ1) is 29.0. The van der Waals surface area contributed by atoms with E-state index in [1.807, 2.05) is 45.0 Å². The van der Waals surface area contributed by atoms with Crippen LogP contribution in [0.5, 0.6) is 0 Å². The van der Waals surface area contributed by atoms with E-state index in [0.717, 1.165) is 74.3 Å². The number of likely N-dealkylation sites (tertiary alicyclic amines) is 1. The Morgan fingerprint density at radius 3 is 2.41 bits per heavy atom. The van der Waals surface area contributed by atoms with Gasteiger partial charge < -0.3 is 16.0 Å². The first-order valence-corrected chi connectivity index (χ1v) is 15.1. The molecule has 1 saturated carbocycles. The molecule has 0 spiro atoms. The van der Waals surface area contributed by atoms with Gasteiger partial charge in [-0.1, -0.05) is 29.8 Å². The Hall–Kier alpha value is -3.52. The summed E-state index contributed by atoms with van der Waals surface area (Å²) in [5, 5.41) is 3.07. The number of aryl methyl sites for hydroxylation is 1. The van der Waals surface area contributed by atoms with E-state index < -0.39 is 0 Å². The van der Waals surface area contributed by atoms with Gasteiger partial charge in [-0.25, -0.2) is 0 Å². The van der Waals surface area contributed by atoms with E-state index in [1.165, 1.54) is 5.56 Å². The summed E-state index contributed by atoms with van der Waals surface area (Å²) in [6, 6.07) is 14.4. The Bertz CT molecular complexity index is 1310. The highest BCUT2D eigenvalue weighted by Crippen LogP contribution is 2.38. The van der Waals surface area contributed by atoms with Crippen molar-refractivity contribution in [3.63, 3.8) is 0 Å². The van der Waals surface area contributed by atoms with E-state index >= 15 is 0 Å². The second kappa shape index (κ2) is 12.6. The molecule has 0 aromatic heterocycles. The Morgan fingerprint density at radius 1 is 1.00 bits per heavy atom. The molecule has 0 bridgehead atoms. The lowest BCUT2D eigenvalue weighted by molar-refractivity contribution is -0.126. The molecule has 8 nitrogen and oxygen atoms in total. The summed E-state index contributed by atoms with van der Waals surface area (Å²) in [7, 11) is 0. The van der Waals surface area contributed by atoms with Crippen molar-refractivity contribution in [3.8, 4) is 0 Å². The first-order chi connectivity index (χ1) is 19.7. The fourth-order valence-corrected chi connectivity index (χ4v) is 6.54. The number of primary amides is 1. The monoisotopic (exact) mass is 557 g/mol. The van der Waals surface area contributed by atoms with Gasteiger partial charge in [-0.05, 0) is 95.2 Å². The van der Waals surface area contributed by atoms with Crippen LogP contribution in [0.15, 0.2) is 47.5 Å². The summed E-state index contributed by atoms with van der Waals surface area (Å²) in [6.45, 7) is 8.38. The predicted octanol–water partition coefficient (Wildman–Crippen LogP) is 4.38. The Morgan fingerprint density at radius 2 is 1.73 bits per heavy atom. The number of nitrogens with one attached hydrogen (secondary N) is 1. The minimum Gasteiger partial charge on any atom is -0.369 e. The fraction of sp³-hybridized carbons (Fsp3) is 0.515. The molecule has 1 aliphatic carbocycles. The van der Waals surface area contributed by atoms with Gasteiger partial charge in [0.05, 0.1) is 5.92 Å². The van der Waals surface area contributed by atoms with E-state index in [1.54, 1.807) is 0 Å². The third kappa shape index (κ3) is 6.87. The third-order valence-corrected chi connectivity index (χ3v) is 8.74. The van der Waals surface area contributed by atoms with Crippen LogP contribution in [0.4, 0.5) is 5.69 Å². The van der Waals surface area contributed by atoms with Crippen LogP contribution in [-0.4, -0.2) is 53.6 Å². The van der Waals surface area contributed by atoms with Crippen molar-refractivity contribution < 1.29 is 14.4 Å². The number of hydrogen-bond acceptors (Lipinski definition) is 4. The van der Waals surface area contributed by atoms with Gasteiger partial charge in [0.25, 0.3) is 5.91 Å². The largest absolute Gasteiger partial charge is 0.369 e. The maximum Gasteiger partial charge on any atom is 0.278 e. The summed E-state index contributed by atoms with van der Waals surface area (Å²) in [5.74, 6) is 0.407. The van der Waals surface area contributed by atoms with Gasteiger partial charge in [-0.2, -0.15) is 4.99 Å². The summed E-state index contributed by atoms with van der Waals surface area (Å²) < 4.78 is 0.